The van der Waals surface area contributed by atoms with Gasteiger partial charge in [-0.3, -0.25) is 0 Å². The van der Waals surface area contributed by atoms with Crippen LogP contribution in [0.3, 0.4) is 0 Å². The number of thiophene rings is 1. The van der Waals surface area contributed by atoms with E-state index in [9.17, 15) is 0 Å². The lowest BCUT2D eigenvalue weighted by Crippen LogP contribution is -2.12. The summed E-state index contributed by atoms with van der Waals surface area (Å²) in [6.45, 7) is 4.06. The molecule has 0 fully saturated rings. The van der Waals surface area contributed by atoms with Crippen LogP contribution >= 0.6 is 11.3 Å². The van der Waals surface area contributed by atoms with Crippen molar-refractivity contribution in [2.45, 2.75) is 0 Å². The molecular formula is C10H10N6S. The summed E-state index contributed by atoms with van der Waals surface area (Å²) >= 11 is 1.19. The van der Waals surface area contributed by atoms with Crippen molar-refractivity contribution in [1.82, 2.24) is 0 Å². The average Bonchev–Trinajstić information content (AvgIpc) is 2.63. The summed E-state index contributed by atoms with van der Waals surface area (Å²) in [5.74, 6) is 0.0122. The molecule has 0 saturated carbocycles. The predicted molar refractivity (Wildman–Crippen MR) is 68.5 cm³/mol. The van der Waals surface area contributed by atoms with Gasteiger partial charge in [0, 0.05) is 6.54 Å². The van der Waals surface area contributed by atoms with Crippen LogP contribution in [0.5, 0.6) is 0 Å². The van der Waals surface area contributed by atoms with Crippen molar-refractivity contribution >= 4 is 27.9 Å². The Morgan fingerprint density at radius 1 is 1.59 bits per heavy atom. The number of nitrogens with zero attached hydrogens (tertiary/aromatic N) is 3. The third kappa shape index (κ3) is 2.54. The Balaban J connectivity index is 3.24. The van der Waals surface area contributed by atoms with Crippen LogP contribution in [0.4, 0.5) is 10.7 Å². The second-order valence-corrected chi connectivity index (χ2v) is 3.95. The third-order valence-electron chi connectivity index (χ3n) is 1.87. The van der Waals surface area contributed by atoms with E-state index >= 15 is 0 Å². The van der Waals surface area contributed by atoms with Gasteiger partial charge in [0.1, 0.15) is 16.6 Å². The Morgan fingerprint density at radius 2 is 2.29 bits per heavy atom. The number of hydrogen-bond acceptors (Lipinski definition) is 6. The Bertz CT molecular complexity index is 542. The number of amidine groups is 1. The summed E-state index contributed by atoms with van der Waals surface area (Å²) < 4.78 is 0. The zero-order chi connectivity index (χ0) is 12.8. The molecule has 0 aromatic carbocycles. The van der Waals surface area contributed by atoms with Crippen molar-refractivity contribution in [3.8, 4) is 12.3 Å². The third-order valence-corrected chi connectivity index (χ3v) is 3.05. The Hall–Kier alpha value is -2.51. The fraction of sp³-hybridized carbons (Fsp3) is 0.100. The minimum atomic E-state index is 0.0122. The van der Waals surface area contributed by atoms with Gasteiger partial charge in [-0.05, 0) is 0 Å². The Labute approximate surface area is 102 Å². The molecule has 1 heterocycles. The summed E-state index contributed by atoms with van der Waals surface area (Å²) in [5.41, 5.74) is 11.9. The van der Waals surface area contributed by atoms with Gasteiger partial charge in [0.15, 0.2) is 5.84 Å². The van der Waals surface area contributed by atoms with E-state index in [1.54, 1.807) is 12.3 Å². The molecule has 1 aromatic heterocycles. The SMILES string of the molecule is C=CCNc1sc(C(N)=NC#N)c(N)c1C#N. The zero-order valence-corrected chi connectivity index (χ0v) is 9.71. The molecule has 1 aromatic rings. The van der Waals surface area contributed by atoms with Crippen LogP contribution in [-0.2, 0) is 0 Å². The fourth-order valence-electron chi connectivity index (χ4n) is 1.14. The minimum absolute atomic E-state index is 0.0122. The number of hydrogen-bond donors (Lipinski definition) is 3. The molecule has 86 valence electrons. The van der Waals surface area contributed by atoms with E-state index in [1.165, 1.54) is 11.3 Å². The van der Waals surface area contributed by atoms with Crippen LogP contribution in [0, 0.1) is 22.8 Å². The van der Waals surface area contributed by atoms with E-state index in [2.05, 4.69) is 16.9 Å². The van der Waals surface area contributed by atoms with Crippen LogP contribution < -0.4 is 16.8 Å². The van der Waals surface area contributed by atoms with Crippen LogP contribution in [0.15, 0.2) is 17.6 Å². The van der Waals surface area contributed by atoms with Crippen LogP contribution in [0.25, 0.3) is 0 Å². The van der Waals surface area contributed by atoms with E-state index in [0.717, 1.165) is 0 Å². The molecule has 0 unspecified atom stereocenters. The minimum Gasteiger partial charge on any atom is -0.396 e. The first-order valence-corrected chi connectivity index (χ1v) is 5.37. The molecule has 0 spiro atoms. The van der Waals surface area contributed by atoms with Gasteiger partial charge in [0.05, 0.1) is 10.6 Å². The van der Waals surface area contributed by atoms with Gasteiger partial charge in [-0.25, -0.2) is 0 Å². The number of anilines is 2. The van der Waals surface area contributed by atoms with E-state index < -0.39 is 0 Å². The molecular weight excluding hydrogens is 236 g/mol. The molecule has 0 aliphatic carbocycles. The van der Waals surface area contributed by atoms with Crippen molar-refractivity contribution in [2.75, 3.05) is 17.6 Å². The van der Waals surface area contributed by atoms with Gasteiger partial charge in [-0.2, -0.15) is 15.5 Å². The predicted octanol–water partition coefficient (Wildman–Crippen LogP) is 0.986. The Morgan fingerprint density at radius 3 is 2.82 bits per heavy atom. The smallest absolute Gasteiger partial charge is 0.207 e. The van der Waals surface area contributed by atoms with Gasteiger partial charge in [-0.15, -0.1) is 17.9 Å². The number of nitriles is 2. The normalized spacial score (nSPS) is 10.4. The highest BCUT2D eigenvalue weighted by Gasteiger charge is 2.17. The van der Waals surface area contributed by atoms with E-state index in [-0.39, 0.29) is 11.5 Å². The van der Waals surface area contributed by atoms with Crippen molar-refractivity contribution in [3.05, 3.63) is 23.1 Å². The summed E-state index contributed by atoms with van der Waals surface area (Å²) in [6, 6.07) is 1.99. The summed E-state index contributed by atoms with van der Waals surface area (Å²) in [7, 11) is 0. The highest BCUT2D eigenvalue weighted by atomic mass is 32.1. The van der Waals surface area contributed by atoms with E-state index in [0.29, 0.717) is 22.0 Å². The first kappa shape index (κ1) is 12.6. The number of nitrogen functional groups attached to an aromatic ring is 1. The van der Waals surface area contributed by atoms with Crippen LogP contribution in [-0.4, -0.2) is 12.4 Å². The standard InChI is InChI=1S/C10H10N6S/c1-2-3-15-10-6(4-11)7(13)8(17-10)9(14)16-5-12/h2,15H,1,3,13H2,(H2,14,16). The molecule has 0 saturated heterocycles. The number of rotatable bonds is 4. The van der Waals surface area contributed by atoms with Crippen molar-refractivity contribution < 1.29 is 0 Å². The molecule has 6 nitrogen and oxygen atoms in total. The molecule has 5 N–H and O–H groups in total. The van der Waals surface area contributed by atoms with Gasteiger partial charge in [-0.1, -0.05) is 6.08 Å². The molecule has 1 rings (SSSR count). The molecule has 0 aliphatic heterocycles. The topological polar surface area (TPSA) is 124 Å². The zero-order valence-electron chi connectivity index (χ0n) is 8.90. The molecule has 0 atom stereocenters. The lowest BCUT2D eigenvalue weighted by Gasteiger charge is -1.98. The van der Waals surface area contributed by atoms with Gasteiger partial charge in [0.2, 0.25) is 6.19 Å². The molecule has 0 aliphatic rings. The maximum Gasteiger partial charge on any atom is 0.207 e. The maximum atomic E-state index is 8.99. The fourth-order valence-corrected chi connectivity index (χ4v) is 2.12. The second kappa shape index (κ2) is 5.54. The molecule has 0 amide bonds. The second-order valence-electron chi connectivity index (χ2n) is 2.93. The van der Waals surface area contributed by atoms with Crippen molar-refractivity contribution in [1.29, 1.82) is 10.5 Å². The number of aliphatic imine (C=N–C) groups is 1. The first-order valence-electron chi connectivity index (χ1n) is 4.55. The first-order chi connectivity index (χ1) is 8.15. The van der Waals surface area contributed by atoms with Crippen LogP contribution in [0.1, 0.15) is 10.4 Å². The highest BCUT2D eigenvalue weighted by Crippen LogP contribution is 2.34. The quantitative estimate of drug-likeness (QED) is 0.316. The molecule has 0 radical (unpaired) electrons. The van der Waals surface area contributed by atoms with Crippen molar-refractivity contribution in [3.63, 3.8) is 0 Å². The molecule has 17 heavy (non-hydrogen) atoms. The lowest BCUT2D eigenvalue weighted by atomic mass is 10.2. The monoisotopic (exact) mass is 246 g/mol. The summed E-state index contributed by atoms with van der Waals surface area (Å²) in [6.07, 6.45) is 3.23. The van der Waals surface area contributed by atoms with E-state index in [4.69, 9.17) is 22.0 Å². The summed E-state index contributed by atoms with van der Waals surface area (Å²) in [4.78, 5) is 3.82. The van der Waals surface area contributed by atoms with E-state index in [1.807, 2.05) is 6.07 Å². The average molecular weight is 246 g/mol. The number of nitrogens with two attached hydrogens (primary N) is 2. The highest BCUT2D eigenvalue weighted by molar-refractivity contribution is 7.19. The molecule has 7 heteroatoms. The largest absolute Gasteiger partial charge is 0.396 e. The maximum absolute atomic E-state index is 8.99. The Kier molecular flexibility index (Phi) is 4.09. The van der Waals surface area contributed by atoms with Gasteiger partial charge >= 0.3 is 0 Å². The molecule has 0 bridgehead atoms. The van der Waals surface area contributed by atoms with Gasteiger partial charge in [0.25, 0.3) is 0 Å². The summed E-state index contributed by atoms with van der Waals surface area (Å²) in [5, 5.41) is 21.0. The van der Waals surface area contributed by atoms with Crippen molar-refractivity contribution in [2.24, 2.45) is 10.7 Å². The van der Waals surface area contributed by atoms with Gasteiger partial charge < -0.3 is 16.8 Å². The lowest BCUT2D eigenvalue weighted by molar-refractivity contribution is 1.36. The number of nitrogens with one attached hydrogen (secondary N) is 1. The van der Waals surface area contributed by atoms with Crippen LogP contribution in [0.2, 0.25) is 0 Å².